The second-order valence-electron chi connectivity index (χ2n) is 6.52. The highest BCUT2D eigenvalue weighted by Crippen LogP contribution is 2.33. The lowest BCUT2D eigenvalue weighted by molar-refractivity contribution is -0.136. The number of furan rings is 1. The number of benzene rings is 2. The number of carbonyl (C=O) groups excluding carboxylic acids is 2. The third-order valence-corrected chi connectivity index (χ3v) is 4.65. The Morgan fingerprint density at radius 2 is 1.74 bits per heavy atom. The molecule has 6 nitrogen and oxygen atoms in total. The van der Waals surface area contributed by atoms with Crippen molar-refractivity contribution in [3.05, 3.63) is 59.4 Å². The Morgan fingerprint density at radius 1 is 1.00 bits per heavy atom. The summed E-state index contributed by atoms with van der Waals surface area (Å²) in [7, 11) is 0. The van der Waals surface area contributed by atoms with Crippen molar-refractivity contribution < 1.29 is 23.5 Å². The van der Waals surface area contributed by atoms with Crippen LogP contribution >= 0.6 is 0 Å². The van der Waals surface area contributed by atoms with E-state index in [4.69, 9.17) is 19.6 Å². The molecule has 2 N–H and O–H groups in total. The van der Waals surface area contributed by atoms with Gasteiger partial charge in [-0.25, -0.2) is 4.79 Å². The Kier molecular flexibility index (Phi) is 4.54. The van der Waals surface area contributed by atoms with Crippen molar-refractivity contribution in [2.75, 3.05) is 6.61 Å². The highest BCUT2D eigenvalue weighted by Gasteiger charge is 2.18. The SMILES string of the molecule is NC(=O)c1ccc(OC(=O)COc2ccc3oc4c(c3c2)CCCC4)cc1. The van der Waals surface area contributed by atoms with Gasteiger partial charge >= 0.3 is 5.97 Å². The molecule has 1 aromatic heterocycles. The van der Waals surface area contributed by atoms with Gasteiger partial charge < -0.3 is 19.6 Å². The Balaban J connectivity index is 1.40. The average Bonchev–Trinajstić information content (AvgIpc) is 3.05. The lowest BCUT2D eigenvalue weighted by atomic mass is 9.96. The van der Waals surface area contributed by atoms with Crippen molar-refractivity contribution in [1.29, 1.82) is 0 Å². The van der Waals surface area contributed by atoms with Crippen LogP contribution in [-0.2, 0) is 17.6 Å². The molecule has 1 heterocycles. The van der Waals surface area contributed by atoms with E-state index in [9.17, 15) is 9.59 Å². The smallest absolute Gasteiger partial charge is 0.349 e. The van der Waals surface area contributed by atoms with E-state index in [2.05, 4.69) is 0 Å². The second kappa shape index (κ2) is 7.15. The first-order valence-corrected chi connectivity index (χ1v) is 8.88. The van der Waals surface area contributed by atoms with Crippen LogP contribution < -0.4 is 15.2 Å². The van der Waals surface area contributed by atoms with Crippen LogP contribution in [0.15, 0.2) is 46.9 Å². The average molecular weight is 365 g/mol. The number of esters is 1. The van der Waals surface area contributed by atoms with Crippen LogP contribution in [0.1, 0.15) is 34.5 Å². The van der Waals surface area contributed by atoms with Crippen LogP contribution in [0.2, 0.25) is 0 Å². The predicted octanol–water partition coefficient (Wildman–Crippen LogP) is 3.39. The number of primary amides is 1. The predicted molar refractivity (Wildman–Crippen MR) is 98.9 cm³/mol. The van der Waals surface area contributed by atoms with E-state index in [1.807, 2.05) is 12.1 Å². The molecule has 1 aliphatic carbocycles. The zero-order valence-corrected chi connectivity index (χ0v) is 14.7. The monoisotopic (exact) mass is 365 g/mol. The molecule has 0 atom stereocenters. The third-order valence-electron chi connectivity index (χ3n) is 4.65. The highest BCUT2D eigenvalue weighted by molar-refractivity contribution is 5.92. The summed E-state index contributed by atoms with van der Waals surface area (Å²) >= 11 is 0. The van der Waals surface area contributed by atoms with Crippen LogP contribution in [0.3, 0.4) is 0 Å². The van der Waals surface area contributed by atoms with Crippen molar-refractivity contribution in [2.45, 2.75) is 25.7 Å². The van der Waals surface area contributed by atoms with Gasteiger partial charge in [0.2, 0.25) is 5.91 Å². The molecule has 0 saturated carbocycles. The first kappa shape index (κ1) is 17.1. The van der Waals surface area contributed by atoms with E-state index in [-0.39, 0.29) is 6.61 Å². The van der Waals surface area contributed by atoms with Crippen LogP contribution in [0.4, 0.5) is 0 Å². The molecule has 0 unspecified atom stereocenters. The number of rotatable bonds is 5. The molecule has 27 heavy (non-hydrogen) atoms. The number of hydrogen-bond acceptors (Lipinski definition) is 5. The number of carbonyl (C=O) groups is 2. The maximum Gasteiger partial charge on any atom is 0.349 e. The summed E-state index contributed by atoms with van der Waals surface area (Å²) in [6.07, 6.45) is 4.30. The Bertz CT molecular complexity index is 1000. The topological polar surface area (TPSA) is 91.8 Å². The summed E-state index contributed by atoms with van der Waals surface area (Å²) in [5.41, 5.74) is 7.63. The summed E-state index contributed by atoms with van der Waals surface area (Å²) < 4.78 is 16.7. The lowest BCUT2D eigenvalue weighted by Crippen LogP contribution is -2.18. The fourth-order valence-electron chi connectivity index (χ4n) is 3.32. The van der Waals surface area contributed by atoms with Crippen LogP contribution in [0.5, 0.6) is 11.5 Å². The van der Waals surface area contributed by atoms with Gasteiger partial charge in [0.05, 0.1) is 0 Å². The minimum absolute atomic E-state index is 0.219. The van der Waals surface area contributed by atoms with E-state index in [0.717, 1.165) is 42.4 Å². The Morgan fingerprint density at radius 3 is 2.52 bits per heavy atom. The molecule has 4 rings (SSSR count). The van der Waals surface area contributed by atoms with Crippen molar-refractivity contribution in [1.82, 2.24) is 0 Å². The molecule has 0 saturated heterocycles. The van der Waals surface area contributed by atoms with Crippen LogP contribution in [-0.4, -0.2) is 18.5 Å². The number of nitrogens with two attached hydrogens (primary N) is 1. The van der Waals surface area contributed by atoms with Gasteiger partial charge in [-0.2, -0.15) is 0 Å². The number of fused-ring (bicyclic) bond motifs is 3. The Labute approximate surface area is 155 Å². The summed E-state index contributed by atoms with van der Waals surface area (Å²) in [5.74, 6) is 0.919. The molecule has 0 bridgehead atoms. The number of hydrogen-bond donors (Lipinski definition) is 1. The number of aryl methyl sites for hydroxylation is 2. The molecule has 0 fully saturated rings. The number of ether oxygens (including phenoxy) is 2. The molecule has 0 radical (unpaired) electrons. The fraction of sp³-hybridized carbons (Fsp3) is 0.238. The second-order valence-corrected chi connectivity index (χ2v) is 6.52. The molecule has 1 amide bonds. The van der Waals surface area contributed by atoms with Crippen molar-refractivity contribution in [3.63, 3.8) is 0 Å². The molecule has 1 aliphatic rings. The van der Waals surface area contributed by atoms with E-state index >= 15 is 0 Å². The minimum Gasteiger partial charge on any atom is -0.482 e. The molecule has 3 aromatic rings. The van der Waals surface area contributed by atoms with Gasteiger partial charge in [-0.15, -0.1) is 0 Å². The summed E-state index contributed by atoms with van der Waals surface area (Å²) in [4.78, 5) is 23.0. The zero-order chi connectivity index (χ0) is 18.8. The normalized spacial score (nSPS) is 13.2. The van der Waals surface area contributed by atoms with Gasteiger partial charge in [-0.05, 0) is 61.7 Å². The third kappa shape index (κ3) is 3.65. The van der Waals surface area contributed by atoms with Gasteiger partial charge in [0.15, 0.2) is 6.61 Å². The summed E-state index contributed by atoms with van der Waals surface area (Å²) in [5, 5.41) is 1.05. The van der Waals surface area contributed by atoms with Crippen molar-refractivity contribution >= 4 is 22.8 Å². The first-order valence-electron chi connectivity index (χ1n) is 8.88. The fourth-order valence-corrected chi connectivity index (χ4v) is 3.32. The summed E-state index contributed by atoms with van der Waals surface area (Å²) in [6.45, 7) is -0.219. The molecule has 0 aliphatic heterocycles. The highest BCUT2D eigenvalue weighted by atomic mass is 16.6. The standard InChI is InChI=1S/C21H19NO5/c22-21(24)13-5-7-14(8-6-13)26-20(23)12-25-15-9-10-19-17(11-15)16-3-1-2-4-18(16)27-19/h5-11H,1-4,12H2,(H2,22,24). The van der Waals surface area contributed by atoms with Gasteiger partial charge in [-0.3, -0.25) is 4.79 Å². The van der Waals surface area contributed by atoms with Crippen molar-refractivity contribution in [3.8, 4) is 11.5 Å². The maximum atomic E-state index is 12.0. The zero-order valence-electron chi connectivity index (χ0n) is 14.7. The molecule has 2 aromatic carbocycles. The largest absolute Gasteiger partial charge is 0.482 e. The minimum atomic E-state index is -0.534. The first-order chi connectivity index (χ1) is 13.1. The van der Waals surface area contributed by atoms with Gasteiger partial charge in [0, 0.05) is 22.9 Å². The summed E-state index contributed by atoms with van der Waals surface area (Å²) in [6, 6.07) is 11.6. The van der Waals surface area contributed by atoms with E-state index in [1.54, 1.807) is 6.07 Å². The molecular formula is C21H19NO5. The van der Waals surface area contributed by atoms with E-state index in [0.29, 0.717) is 17.1 Å². The molecule has 6 heteroatoms. The maximum absolute atomic E-state index is 12.0. The van der Waals surface area contributed by atoms with E-state index in [1.165, 1.54) is 29.8 Å². The van der Waals surface area contributed by atoms with Gasteiger partial charge in [0.1, 0.15) is 22.8 Å². The Hall–Kier alpha value is -3.28. The lowest BCUT2D eigenvalue weighted by Gasteiger charge is -2.09. The quantitative estimate of drug-likeness (QED) is 0.553. The van der Waals surface area contributed by atoms with Crippen LogP contribution in [0.25, 0.3) is 11.0 Å². The van der Waals surface area contributed by atoms with E-state index < -0.39 is 11.9 Å². The molecular weight excluding hydrogens is 346 g/mol. The number of amides is 1. The molecule has 0 spiro atoms. The van der Waals surface area contributed by atoms with Crippen molar-refractivity contribution in [2.24, 2.45) is 5.73 Å². The van der Waals surface area contributed by atoms with Gasteiger partial charge in [-0.1, -0.05) is 0 Å². The molecule has 138 valence electrons. The van der Waals surface area contributed by atoms with Gasteiger partial charge in [0.25, 0.3) is 0 Å². The van der Waals surface area contributed by atoms with Crippen LogP contribution in [0, 0.1) is 0 Å².